The molecule has 30 heavy (non-hydrogen) atoms. The molecular formula is C19H14ClN3O6S. The smallest absolute Gasteiger partial charge is 0.280 e. The molecule has 0 bridgehead atoms. The average Bonchev–Trinajstić information content (AvgIpc) is 2.70. The van der Waals surface area contributed by atoms with Crippen LogP contribution in [-0.2, 0) is 9.59 Å². The summed E-state index contributed by atoms with van der Waals surface area (Å²) in [4.78, 5) is 37.5. The fourth-order valence-corrected chi connectivity index (χ4v) is 3.29. The van der Waals surface area contributed by atoms with E-state index in [0.29, 0.717) is 10.7 Å². The van der Waals surface area contributed by atoms with Crippen LogP contribution in [-0.4, -0.2) is 36.1 Å². The second-order valence-electron chi connectivity index (χ2n) is 5.96. The molecule has 9 nitrogen and oxygen atoms in total. The van der Waals surface area contributed by atoms with Gasteiger partial charge in [-0.05, 0) is 42.6 Å². The van der Waals surface area contributed by atoms with Gasteiger partial charge in [0.05, 0.1) is 36.5 Å². The van der Waals surface area contributed by atoms with Crippen molar-refractivity contribution in [3.63, 3.8) is 0 Å². The zero-order valence-electron chi connectivity index (χ0n) is 15.7. The Morgan fingerprint density at radius 1 is 1.17 bits per heavy atom. The van der Waals surface area contributed by atoms with Gasteiger partial charge in [0.25, 0.3) is 17.5 Å². The maximum Gasteiger partial charge on any atom is 0.280 e. The Labute approximate surface area is 181 Å². The number of carbonyl (C=O) groups is 2. The third-order valence-electron chi connectivity index (χ3n) is 4.20. The summed E-state index contributed by atoms with van der Waals surface area (Å²) in [6.45, 7) is 0. The molecule has 0 atom stereocenters. The molecule has 1 N–H and O–H groups in total. The van der Waals surface area contributed by atoms with E-state index >= 15 is 0 Å². The number of thiocarbonyl (C=S) groups is 1. The Bertz CT molecular complexity index is 1120. The highest BCUT2D eigenvalue weighted by Crippen LogP contribution is 2.36. The first kappa shape index (κ1) is 21.2. The van der Waals surface area contributed by atoms with Crippen molar-refractivity contribution in [2.24, 2.45) is 0 Å². The van der Waals surface area contributed by atoms with Crippen molar-refractivity contribution >= 4 is 58.2 Å². The third kappa shape index (κ3) is 3.95. The molecule has 2 amide bonds. The van der Waals surface area contributed by atoms with Gasteiger partial charge in [-0.1, -0.05) is 17.7 Å². The molecule has 1 heterocycles. The first-order valence-electron chi connectivity index (χ1n) is 8.34. The van der Waals surface area contributed by atoms with Crippen LogP contribution in [0.5, 0.6) is 11.5 Å². The van der Waals surface area contributed by atoms with Gasteiger partial charge >= 0.3 is 0 Å². The lowest BCUT2D eigenvalue weighted by atomic mass is 10.0. The van der Waals surface area contributed by atoms with Crippen molar-refractivity contribution in [3.8, 4) is 11.5 Å². The molecule has 1 aliphatic heterocycles. The number of hydrogen-bond acceptors (Lipinski definition) is 7. The molecule has 2 aromatic carbocycles. The molecule has 0 saturated carbocycles. The predicted octanol–water partition coefficient (Wildman–Crippen LogP) is 3.10. The fraction of sp³-hybridized carbons (Fsp3) is 0.105. The monoisotopic (exact) mass is 447 g/mol. The zero-order valence-corrected chi connectivity index (χ0v) is 17.2. The Hall–Kier alpha value is -3.50. The molecule has 154 valence electrons. The number of nitro benzene ring substituents is 1. The molecule has 0 unspecified atom stereocenters. The second kappa shape index (κ2) is 8.47. The van der Waals surface area contributed by atoms with Crippen LogP contribution >= 0.6 is 23.8 Å². The van der Waals surface area contributed by atoms with Gasteiger partial charge in [-0.25, -0.2) is 0 Å². The number of hydrogen-bond donors (Lipinski definition) is 1. The largest absolute Gasteiger partial charge is 0.493 e. The SMILES string of the molecule is COc1cc(/C=C2\C(=O)NC(=S)N(c3cccc(Cl)c3)C2=O)c([N+](=O)[O-])cc1OC. The number of methoxy groups -OCH3 is 2. The van der Waals surface area contributed by atoms with Crippen molar-refractivity contribution in [1.82, 2.24) is 5.32 Å². The van der Waals surface area contributed by atoms with Gasteiger partial charge in [0.1, 0.15) is 5.57 Å². The lowest BCUT2D eigenvalue weighted by molar-refractivity contribution is -0.385. The first-order valence-corrected chi connectivity index (χ1v) is 9.13. The summed E-state index contributed by atoms with van der Waals surface area (Å²) in [6, 6.07) is 8.78. The number of ether oxygens (including phenoxy) is 2. The van der Waals surface area contributed by atoms with Crippen molar-refractivity contribution < 1.29 is 24.0 Å². The summed E-state index contributed by atoms with van der Waals surface area (Å²) in [7, 11) is 2.69. The lowest BCUT2D eigenvalue weighted by Crippen LogP contribution is -2.54. The summed E-state index contributed by atoms with van der Waals surface area (Å²) < 4.78 is 10.2. The average molecular weight is 448 g/mol. The van der Waals surface area contributed by atoms with Gasteiger partial charge < -0.3 is 9.47 Å². The fourth-order valence-electron chi connectivity index (χ4n) is 2.82. The van der Waals surface area contributed by atoms with Gasteiger partial charge in [0.2, 0.25) is 0 Å². The highest BCUT2D eigenvalue weighted by Gasteiger charge is 2.35. The van der Waals surface area contributed by atoms with Gasteiger partial charge in [0, 0.05) is 5.02 Å². The van der Waals surface area contributed by atoms with Crippen LogP contribution in [0.15, 0.2) is 42.0 Å². The topological polar surface area (TPSA) is 111 Å². The minimum atomic E-state index is -0.785. The van der Waals surface area contributed by atoms with Crippen LogP contribution < -0.4 is 19.7 Å². The van der Waals surface area contributed by atoms with E-state index in [1.54, 1.807) is 18.2 Å². The summed E-state index contributed by atoms with van der Waals surface area (Å²) in [6.07, 6.45) is 1.11. The van der Waals surface area contributed by atoms with Gasteiger partial charge in [-0.3, -0.25) is 29.9 Å². The van der Waals surface area contributed by atoms with E-state index in [9.17, 15) is 19.7 Å². The Morgan fingerprint density at radius 2 is 1.83 bits per heavy atom. The highest BCUT2D eigenvalue weighted by molar-refractivity contribution is 7.80. The number of halogens is 1. The standard InChI is InChI=1S/C19H14ClN3O6S/c1-28-15-7-10(14(23(26)27)9-16(15)29-2)6-13-17(24)21-19(30)22(18(13)25)12-5-3-4-11(20)8-12/h3-9H,1-2H3,(H,21,24,30)/b13-6+. The molecule has 1 fully saturated rings. The zero-order chi connectivity index (χ0) is 22.0. The van der Waals surface area contributed by atoms with Crippen LogP contribution in [0.1, 0.15) is 5.56 Å². The first-order chi connectivity index (χ1) is 14.3. The number of nitro groups is 1. The number of nitrogens with zero attached hydrogens (tertiary/aromatic N) is 2. The predicted molar refractivity (Wildman–Crippen MR) is 114 cm³/mol. The third-order valence-corrected chi connectivity index (χ3v) is 4.72. The highest BCUT2D eigenvalue weighted by atomic mass is 35.5. The number of carbonyl (C=O) groups excluding carboxylic acids is 2. The van der Waals surface area contributed by atoms with Crippen LogP contribution in [0, 0.1) is 10.1 Å². The normalized spacial score (nSPS) is 15.2. The van der Waals surface area contributed by atoms with E-state index in [1.165, 1.54) is 26.4 Å². The number of nitrogens with one attached hydrogen (secondary N) is 1. The maximum absolute atomic E-state index is 13.1. The molecule has 0 spiro atoms. The molecule has 0 radical (unpaired) electrons. The lowest BCUT2D eigenvalue weighted by Gasteiger charge is -2.29. The summed E-state index contributed by atoms with van der Waals surface area (Å²) >= 11 is 11.1. The van der Waals surface area contributed by atoms with E-state index in [0.717, 1.165) is 17.0 Å². The van der Waals surface area contributed by atoms with E-state index in [-0.39, 0.29) is 33.4 Å². The van der Waals surface area contributed by atoms with E-state index < -0.39 is 16.7 Å². The molecule has 1 saturated heterocycles. The molecule has 11 heteroatoms. The van der Waals surface area contributed by atoms with Crippen LogP contribution in [0.3, 0.4) is 0 Å². The molecule has 2 aromatic rings. The van der Waals surface area contributed by atoms with E-state index in [1.807, 2.05) is 0 Å². The molecule has 0 aromatic heterocycles. The van der Waals surface area contributed by atoms with E-state index in [4.69, 9.17) is 33.3 Å². The quantitative estimate of drug-likeness (QED) is 0.246. The minimum absolute atomic E-state index is 0.0185. The van der Waals surface area contributed by atoms with E-state index in [2.05, 4.69) is 5.32 Å². The number of benzene rings is 2. The van der Waals surface area contributed by atoms with Crippen molar-refractivity contribution in [2.75, 3.05) is 19.1 Å². The number of rotatable bonds is 5. The van der Waals surface area contributed by atoms with Gasteiger partial charge in [-0.15, -0.1) is 0 Å². The molecule has 3 rings (SSSR count). The number of amides is 2. The molecular weight excluding hydrogens is 434 g/mol. The summed E-state index contributed by atoms with van der Waals surface area (Å²) in [5.74, 6) is -1.21. The maximum atomic E-state index is 13.1. The van der Waals surface area contributed by atoms with Crippen molar-refractivity contribution in [1.29, 1.82) is 0 Å². The number of anilines is 1. The second-order valence-corrected chi connectivity index (χ2v) is 6.78. The molecule has 0 aliphatic carbocycles. The van der Waals surface area contributed by atoms with Gasteiger partial charge in [-0.2, -0.15) is 0 Å². The van der Waals surface area contributed by atoms with Crippen LogP contribution in [0.4, 0.5) is 11.4 Å². The summed E-state index contributed by atoms with van der Waals surface area (Å²) in [5, 5.41) is 14.2. The Balaban J connectivity index is 2.14. The Morgan fingerprint density at radius 3 is 2.43 bits per heavy atom. The van der Waals surface area contributed by atoms with Crippen molar-refractivity contribution in [3.05, 3.63) is 62.7 Å². The molecule has 1 aliphatic rings. The van der Waals surface area contributed by atoms with Crippen LogP contribution in [0.2, 0.25) is 5.02 Å². The van der Waals surface area contributed by atoms with Gasteiger partial charge in [0.15, 0.2) is 16.6 Å². The minimum Gasteiger partial charge on any atom is -0.493 e. The Kier molecular flexibility index (Phi) is 5.99. The van der Waals surface area contributed by atoms with Crippen LogP contribution in [0.25, 0.3) is 6.08 Å². The summed E-state index contributed by atoms with van der Waals surface area (Å²) in [5.41, 5.74) is -0.401. The van der Waals surface area contributed by atoms with Crippen molar-refractivity contribution in [2.45, 2.75) is 0 Å².